The van der Waals surface area contributed by atoms with Gasteiger partial charge in [0.15, 0.2) is 0 Å². The minimum Gasteiger partial charge on any atom is -0.392 e. The zero-order valence-corrected chi connectivity index (χ0v) is 14.5. The third-order valence-electron chi connectivity index (χ3n) is 7.37. The molecule has 122 valence electrons. The molecule has 2 saturated carbocycles. The van der Waals surface area contributed by atoms with Crippen molar-refractivity contribution < 1.29 is 9.90 Å². The van der Waals surface area contributed by atoms with E-state index in [0.29, 0.717) is 30.0 Å². The molecule has 0 spiro atoms. The molecule has 0 amide bonds. The molecule has 0 heterocycles. The number of Topliss-reactive ketones (excluding diaryl/α,β-unsaturated/α-hetero) is 1. The summed E-state index contributed by atoms with van der Waals surface area (Å²) in [5.74, 6) is 1.49. The summed E-state index contributed by atoms with van der Waals surface area (Å²) in [7, 11) is 0. The van der Waals surface area contributed by atoms with Gasteiger partial charge in [0.25, 0.3) is 0 Å². The molecule has 2 nitrogen and oxygen atoms in total. The molecule has 0 radical (unpaired) electrons. The van der Waals surface area contributed by atoms with Crippen molar-refractivity contribution >= 4 is 5.78 Å². The highest BCUT2D eigenvalue weighted by Crippen LogP contribution is 2.60. The topological polar surface area (TPSA) is 37.3 Å². The molecule has 3 aliphatic rings. The molecule has 22 heavy (non-hydrogen) atoms. The largest absolute Gasteiger partial charge is 0.392 e. The molecule has 0 saturated heterocycles. The lowest BCUT2D eigenvalue weighted by molar-refractivity contribution is -0.127. The van der Waals surface area contributed by atoms with E-state index in [1.807, 2.05) is 0 Å². The fraction of sp³-hybridized carbons (Fsp3) is 0.750. The van der Waals surface area contributed by atoms with Gasteiger partial charge in [-0.25, -0.2) is 0 Å². The summed E-state index contributed by atoms with van der Waals surface area (Å²) < 4.78 is 0. The van der Waals surface area contributed by atoms with E-state index in [2.05, 4.69) is 40.3 Å². The van der Waals surface area contributed by atoms with Crippen molar-refractivity contribution in [2.75, 3.05) is 0 Å². The van der Waals surface area contributed by atoms with Crippen molar-refractivity contribution in [3.05, 3.63) is 23.8 Å². The van der Waals surface area contributed by atoms with Crippen LogP contribution in [0.2, 0.25) is 0 Å². The van der Waals surface area contributed by atoms with Gasteiger partial charge in [0.05, 0.1) is 6.10 Å². The maximum Gasteiger partial charge on any atom is 0.139 e. The van der Waals surface area contributed by atoms with Crippen LogP contribution in [0, 0.1) is 28.6 Å². The summed E-state index contributed by atoms with van der Waals surface area (Å²) in [5.41, 5.74) is 2.22. The van der Waals surface area contributed by atoms with Crippen LogP contribution < -0.4 is 0 Å². The Hall–Kier alpha value is -0.890. The highest BCUT2D eigenvalue weighted by molar-refractivity contribution is 5.88. The SMILES string of the molecule is C=C(C)[C@H]1CC(=O)[C@]2(C)C[C@@H]3C(C)=CC[C@H](O)[C@@]3(C)CC[C@@H]12. The van der Waals surface area contributed by atoms with E-state index in [1.165, 1.54) is 5.57 Å². The van der Waals surface area contributed by atoms with Gasteiger partial charge >= 0.3 is 0 Å². The maximum absolute atomic E-state index is 12.8. The zero-order chi connectivity index (χ0) is 16.3. The second-order valence-electron chi connectivity index (χ2n) is 8.60. The Labute approximate surface area is 134 Å². The van der Waals surface area contributed by atoms with Gasteiger partial charge in [0.2, 0.25) is 0 Å². The number of allylic oxidation sites excluding steroid dienone is 2. The monoisotopic (exact) mass is 302 g/mol. The van der Waals surface area contributed by atoms with Crippen molar-refractivity contribution in [3.63, 3.8) is 0 Å². The Bertz CT molecular complexity index is 546. The van der Waals surface area contributed by atoms with Gasteiger partial charge in [-0.05, 0) is 57.3 Å². The van der Waals surface area contributed by atoms with Gasteiger partial charge in [-0.1, -0.05) is 37.6 Å². The third kappa shape index (κ3) is 2.06. The Morgan fingerprint density at radius 2 is 2.09 bits per heavy atom. The maximum atomic E-state index is 12.8. The Morgan fingerprint density at radius 1 is 1.41 bits per heavy atom. The van der Waals surface area contributed by atoms with E-state index in [4.69, 9.17) is 0 Å². The lowest BCUT2D eigenvalue weighted by atomic mass is 9.61. The number of carbonyl (C=O) groups excluding carboxylic acids is 1. The number of aliphatic hydroxyl groups excluding tert-OH is 1. The lowest BCUT2D eigenvalue weighted by Crippen LogP contribution is -2.43. The van der Waals surface area contributed by atoms with Gasteiger partial charge in [-0.3, -0.25) is 4.79 Å². The molecular weight excluding hydrogens is 272 g/mol. The van der Waals surface area contributed by atoms with E-state index in [1.54, 1.807) is 0 Å². The van der Waals surface area contributed by atoms with Gasteiger partial charge in [-0.2, -0.15) is 0 Å². The van der Waals surface area contributed by atoms with Crippen molar-refractivity contribution in [2.45, 2.75) is 65.9 Å². The summed E-state index contributed by atoms with van der Waals surface area (Å²) >= 11 is 0. The fourth-order valence-electron chi connectivity index (χ4n) is 5.62. The Morgan fingerprint density at radius 3 is 2.73 bits per heavy atom. The molecule has 0 aromatic heterocycles. The molecule has 0 aliphatic heterocycles. The van der Waals surface area contributed by atoms with E-state index in [-0.39, 0.29) is 16.9 Å². The predicted octanol–water partition coefficient (Wildman–Crippen LogP) is 4.29. The molecule has 3 aliphatic carbocycles. The first-order valence-electron chi connectivity index (χ1n) is 8.73. The second-order valence-corrected chi connectivity index (χ2v) is 8.60. The van der Waals surface area contributed by atoms with Crippen LogP contribution in [0.1, 0.15) is 59.8 Å². The summed E-state index contributed by atoms with van der Waals surface area (Å²) in [6.07, 6.45) is 6.30. The Kier molecular flexibility index (Phi) is 3.67. The van der Waals surface area contributed by atoms with E-state index < -0.39 is 0 Å². The van der Waals surface area contributed by atoms with Crippen LogP contribution in [0.25, 0.3) is 0 Å². The quantitative estimate of drug-likeness (QED) is 0.734. The average Bonchev–Trinajstić information content (AvgIpc) is 2.61. The molecule has 0 aromatic rings. The van der Waals surface area contributed by atoms with Crippen LogP contribution >= 0.6 is 0 Å². The minimum atomic E-state index is -0.276. The summed E-state index contributed by atoms with van der Waals surface area (Å²) in [4.78, 5) is 12.8. The fourth-order valence-corrected chi connectivity index (χ4v) is 5.62. The summed E-state index contributed by atoms with van der Waals surface area (Å²) in [6, 6.07) is 0. The van der Waals surface area contributed by atoms with Crippen LogP contribution in [-0.4, -0.2) is 17.0 Å². The molecular formula is C20H30O2. The first-order valence-corrected chi connectivity index (χ1v) is 8.73. The Balaban J connectivity index is 2.03. The van der Waals surface area contributed by atoms with Crippen LogP contribution in [0.4, 0.5) is 0 Å². The predicted molar refractivity (Wildman–Crippen MR) is 89.4 cm³/mol. The molecule has 0 unspecified atom stereocenters. The molecule has 2 fully saturated rings. The normalized spacial score (nSPS) is 48.2. The number of carbonyl (C=O) groups is 1. The number of aliphatic hydroxyl groups is 1. The number of fused-ring (bicyclic) bond motifs is 2. The van der Waals surface area contributed by atoms with E-state index in [9.17, 15) is 9.90 Å². The number of hydrogen-bond acceptors (Lipinski definition) is 2. The molecule has 3 rings (SSSR count). The average molecular weight is 302 g/mol. The standard InChI is InChI=1S/C20H30O2/c1-12(2)14-10-18(22)20(5)11-16-13(3)6-7-17(21)19(16,4)9-8-15(14)20/h6,14-17,21H,1,7-11H2,2-5H3/t14-,15+,16-,17+,19+,20-/m1/s1. The number of rotatable bonds is 1. The molecule has 2 heteroatoms. The van der Waals surface area contributed by atoms with Crippen LogP contribution in [0.5, 0.6) is 0 Å². The van der Waals surface area contributed by atoms with Gasteiger partial charge in [0.1, 0.15) is 5.78 Å². The zero-order valence-electron chi connectivity index (χ0n) is 14.5. The number of ketones is 1. The first kappa shape index (κ1) is 16.0. The van der Waals surface area contributed by atoms with E-state index >= 15 is 0 Å². The summed E-state index contributed by atoms with van der Waals surface area (Å²) in [6.45, 7) is 12.8. The van der Waals surface area contributed by atoms with Crippen molar-refractivity contribution in [1.82, 2.24) is 0 Å². The van der Waals surface area contributed by atoms with Crippen molar-refractivity contribution in [2.24, 2.45) is 28.6 Å². The molecule has 0 aromatic carbocycles. The van der Waals surface area contributed by atoms with Crippen LogP contribution in [0.3, 0.4) is 0 Å². The van der Waals surface area contributed by atoms with Gasteiger partial charge in [0, 0.05) is 17.3 Å². The van der Waals surface area contributed by atoms with Crippen molar-refractivity contribution in [1.29, 1.82) is 0 Å². The van der Waals surface area contributed by atoms with Crippen LogP contribution in [-0.2, 0) is 4.79 Å². The van der Waals surface area contributed by atoms with Gasteiger partial charge in [-0.15, -0.1) is 0 Å². The van der Waals surface area contributed by atoms with Crippen LogP contribution in [0.15, 0.2) is 23.8 Å². The lowest BCUT2D eigenvalue weighted by Gasteiger charge is -2.45. The second kappa shape index (κ2) is 5.06. The molecule has 0 bridgehead atoms. The number of hydrogen-bond donors (Lipinski definition) is 1. The minimum absolute atomic E-state index is 0.0773. The van der Waals surface area contributed by atoms with E-state index in [0.717, 1.165) is 31.3 Å². The highest BCUT2D eigenvalue weighted by Gasteiger charge is 2.58. The third-order valence-corrected chi connectivity index (χ3v) is 7.37. The van der Waals surface area contributed by atoms with Crippen molar-refractivity contribution in [3.8, 4) is 0 Å². The van der Waals surface area contributed by atoms with Gasteiger partial charge < -0.3 is 5.11 Å². The first-order chi connectivity index (χ1) is 10.2. The molecule has 6 atom stereocenters. The molecule has 1 N–H and O–H groups in total. The summed E-state index contributed by atoms with van der Waals surface area (Å²) in [5, 5.41) is 10.6. The highest BCUT2D eigenvalue weighted by atomic mass is 16.3. The smallest absolute Gasteiger partial charge is 0.139 e.